The van der Waals surface area contributed by atoms with Gasteiger partial charge in [0.2, 0.25) is 11.8 Å². The van der Waals surface area contributed by atoms with Gasteiger partial charge in [-0.05, 0) is 56.4 Å². The van der Waals surface area contributed by atoms with Crippen LogP contribution in [-0.4, -0.2) is 73.0 Å². The van der Waals surface area contributed by atoms with Crippen molar-refractivity contribution >= 4 is 29.7 Å². The number of aryl methyl sites for hydroxylation is 1. The summed E-state index contributed by atoms with van der Waals surface area (Å²) in [5.41, 5.74) is 7.89. The van der Waals surface area contributed by atoms with Crippen molar-refractivity contribution in [2.45, 2.75) is 63.3 Å². The third-order valence-electron chi connectivity index (χ3n) is 7.63. The van der Waals surface area contributed by atoms with Gasteiger partial charge in [0.05, 0.1) is 26.4 Å². The molecule has 1 heterocycles. The molecule has 0 aromatic heterocycles. The zero-order chi connectivity index (χ0) is 33.3. The van der Waals surface area contributed by atoms with Gasteiger partial charge in [-0.2, -0.15) is 0 Å². The van der Waals surface area contributed by atoms with Crippen molar-refractivity contribution in [2.24, 2.45) is 5.73 Å². The number of amides is 4. The van der Waals surface area contributed by atoms with Gasteiger partial charge in [-0.25, -0.2) is 9.59 Å². The molecule has 1 aliphatic heterocycles. The molecule has 11 heteroatoms. The van der Waals surface area contributed by atoms with E-state index in [0.717, 1.165) is 16.7 Å². The van der Waals surface area contributed by atoms with Crippen molar-refractivity contribution in [3.05, 3.63) is 102 Å². The largest absolute Gasteiger partial charge is 0.453 e. The molecular weight excluding hydrogens is 588 g/mol. The Morgan fingerprint density at radius 1 is 0.935 bits per heavy atom. The Labute approximate surface area is 269 Å². The second-order valence-electron chi connectivity index (χ2n) is 12.1. The molecule has 0 saturated carbocycles. The topological polar surface area (TPSA) is 149 Å². The van der Waals surface area contributed by atoms with Gasteiger partial charge >= 0.3 is 12.2 Å². The van der Waals surface area contributed by atoms with Gasteiger partial charge < -0.3 is 30.6 Å². The van der Waals surface area contributed by atoms with E-state index >= 15 is 0 Å². The number of methoxy groups -OCH3 is 1. The quantitative estimate of drug-likeness (QED) is 0.296. The van der Waals surface area contributed by atoms with Gasteiger partial charge in [-0.1, -0.05) is 78.9 Å². The Morgan fingerprint density at radius 2 is 1.52 bits per heavy atom. The lowest BCUT2D eigenvalue weighted by molar-refractivity contribution is -0.133. The highest BCUT2D eigenvalue weighted by atomic mass is 16.6. The molecule has 0 radical (unpaired) electrons. The number of primary amides is 1. The first kappa shape index (κ1) is 34.0. The standard InChI is InChI=1S/C35H42N4O7/c1-35(2,3)46-34(43)39-21-26(45-22-28(39)31(36)40)20-19-23-13-11-12-18-27(23)37-32(41)30(38-33(42)44-4)29(24-14-7-5-8-15-24)25-16-9-6-10-17-25/h5-18,26,28-30H,19-22H2,1-4H3,(H2,36,40)(H,37,41)(H,38,42)/t26-,28+,30+/m1/s1. The van der Waals surface area contributed by atoms with Gasteiger partial charge in [0, 0.05) is 11.6 Å². The summed E-state index contributed by atoms with van der Waals surface area (Å²) in [6, 6.07) is 24.4. The van der Waals surface area contributed by atoms with Crippen LogP contribution >= 0.6 is 0 Å². The number of carbonyl (C=O) groups is 4. The molecule has 1 fully saturated rings. The van der Waals surface area contributed by atoms with Gasteiger partial charge in [-0.15, -0.1) is 0 Å². The SMILES string of the molecule is COC(=O)N[C@H](C(=O)Nc1ccccc1CC[C@@H]1CN(C(=O)OC(C)(C)C)[C@H](C(N)=O)CO1)C(c1ccccc1)c1ccccc1. The molecule has 4 rings (SSSR count). The Kier molecular flexibility index (Phi) is 11.4. The molecule has 244 valence electrons. The van der Waals surface area contributed by atoms with Crippen LogP contribution < -0.4 is 16.4 Å². The van der Waals surface area contributed by atoms with Gasteiger partial charge in [0.1, 0.15) is 17.7 Å². The van der Waals surface area contributed by atoms with E-state index in [2.05, 4.69) is 10.6 Å². The van der Waals surface area contributed by atoms with E-state index < -0.39 is 53.7 Å². The molecule has 0 aliphatic carbocycles. The number of alkyl carbamates (subject to hydrolysis) is 1. The minimum Gasteiger partial charge on any atom is -0.453 e. The Morgan fingerprint density at radius 3 is 2.09 bits per heavy atom. The lowest BCUT2D eigenvalue weighted by atomic mass is 9.84. The van der Waals surface area contributed by atoms with Crippen LogP contribution in [0.25, 0.3) is 0 Å². The molecule has 1 saturated heterocycles. The molecule has 3 aromatic carbocycles. The Hall–Kier alpha value is -4.90. The van der Waals surface area contributed by atoms with Crippen molar-refractivity contribution < 1.29 is 33.4 Å². The molecule has 3 aromatic rings. The van der Waals surface area contributed by atoms with Crippen molar-refractivity contribution in [2.75, 3.05) is 25.6 Å². The van der Waals surface area contributed by atoms with Crippen molar-refractivity contribution in [1.29, 1.82) is 0 Å². The maximum absolute atomic E-state index is 14.0. The van der Waals surface area contributed by atoms with Crippen molar-refractivity contribution in [3.8, 4) is 0 Å². The number of ether oxygens (including phenoxy) is 3. The molecule has 11 nitrogen and oxygen atoms in total. The van der Waals surface area contributed by atoms with E-state index in [0.29, 0.717) is 18.5 Å². The van der Waals surface area contributed by atoms with Gasteiger partial charge in [-0.3, -0.25) is 14.5 Å². The smallest absolute Gasteiger partial charge is 0.411 e. The van der Waals surface area contributed by atoms with Crippen LogP contribution in [0, 0.1) is 0 Å². The minimum absolute atomic E-state index is 0.0428. The van der Waals surface area contributed by atoms with Crippen molar-refractivity contribution in [1.82, 2.24) is 10.2 Å². The van der Waals surface area contributed by atoms with E-state index in [1.807, 2.05) is 78.9 Å². The number of nitrogens with zero attached hydrogens (tertiary/aromatic N) is 1. The molecule has 46 heavy (non-hydrogen) atoms. The van der Waals surface area contributed by atoms with Crippen LogP contribution in [0.4, 0.5) is 15.3 Å². The number of benzene rings is 3. The van der Waals surface area contributed by atoms with E-state index in [9.17, 15) is 19.2 Å². The molecule has 4 amide bonds. The van der Waals surface area contributed by atoms with Crippen LogP contribution in [0.3, 0.4) is 0 Å². The number of hydrogen-bond donors (Lipinski definition) is 3. The number of hydrogen-bond acceptors (Lipinski definition) is 7. The fraction of sp³-hybridized carbons (Fsp3) is 0.371. The number of morpholine rings is 1. The first-order valence-electron chi connectivity index (χ1n) is 15.2. The molecule has 3 atom stereocenters. The third kappa shape index (κ3) is 9.07. The van der Waals surface area contributed by atoms with Crippen molar-refractivity contribution in [3.63, 3.8) is 0 Å². The zero-order valence-electron chi connectivity index (χ0n) is 26.6. The van der Waals surface area contributed by atoms with Crippen LogP contribution in [0.1, 0.15) is 49.8 Å². The summed E-state index contributed by atoms with van der Waals surface area (Å²) in [5.74, 6) is -1.61. The van der Waals surface area contributed by atoms with Crippen LogP contribution in [-0.2, 0) is 30.2 Å². The number of carbonyl (C=O) groups excluding carboxylic acids is 4. The molecule has 0 unspecified atom stereocenters. The monoisotopic (exact) mass is 630 g/mol. The molecular formula is C35H42N4O7. The molecule has 0 bridgehead atoms. The molecule has 1 aliphatic rings. The fourth-order valence-corrected chi connectivity index (χ4v) is 5.42. The number of nitrogens with one attached hydrogen (secondary N) is 2. The van der Waals surface area contributed by atoms with Gasteiger partial charge in [0.15, 0.2) is 0 Å². The minimum atomic E-state index is -1.01. The highest BCUT2D eigenvalue weighted by Gasteiger charge is 2.38. The second-order valence-corrected chi connectivity index (χ2v) is 12.1. The summed E-state index contributed by atoms with van der Waals surface area (Å²) in [6.45, 7) is 5.33. The number of rotatable bonds is 10. The second kappa shape index (κ2) is 15.4. The lowest BCUT2D eigenvalue weighted by Gasteiger charge is -2.38. The van der Waals surface area contributed by atoms with Crippen LogP contribution in [0.5, 0.6) is 0 Å². The summed E-state index contributed by atoms with van der Waals surface area (Å²) >= 11 is 0. The normalized spacial score (nSPS) is 17.1. The highest BCUT2D eigenvalue weighted by Crippen LogP contribution is 2.30. The highest BCUT2D eigenvalue weighted by molar-refractivity contribution is 5.98. The first-order valence-corrected chi connectivity index (χ1v) is 15.2. The third-order valence-corrected chi connectivity index (χ3v) is 7.63. The fourth-order valence-electron chi connectivity index (χ4n) is 5.42. The van der Waals surface area contributed by atoms with E-state index in [1.165, 1.54) is 12.0 Å². The summed E-state index contributed by atoms with van der Waals surface area (Å²) < 4.78 is 16.3. The maximum Gasteiger partial charge on any atom is 0.411 e. The number of anilines is 1. The van der Waals surface area contributed by atoms with E-state index in [1.54, 1.807) is 26.8 Å². The predicted octanol–water partition coefficient (Wildman–Crippen LogP) is 4.60. The van der Waals surface area contributed by atoms with E-state index in [4.69, 9.17) is 19.9 Å². The average molecular weight is 631 g/mol. The summed E-state index contributed by atoms with van der Waals surface area (Å²) in [4.78, 5) is 52.8. The average Bonchev–Trinajstić information content (AvgIpc) is 3.04. The first-order chi connectivity index (χ1) is 22.0. The van der Waals surface area contributed by atoms with E-state index in [-0.39, 0.29) is 13.2 Å². The maximum atomic E-state index is 14.0. The summed E-state index contributed by atoms with van der Waals surface area (Å²) in [7, 11) is 1.25. The predicted molar refractivity (Wildman–Crippen MR) is 173 cm³/mol. The number of nitrogens with two attached hydrogens (primary N) is 1. The van der Waals surface area contributed by atoms with Gasteiger partial charge in [0.25, 0.3) is 0 Å². The molecule has 4 N–H and O–H groups in total. The number of para-hydroxylation sites is 1. The Balaban J connectivity index is 1.54. The van der Waals surface area contributed by atoms with Crippen LogP contribution in [0.2, 0.25) is 0 Å². The molecule has 0 spiro atoms. The van der Waals surface area contributed by atoms with Crippen LogP contribution in [0.15, 0.2) is 84.9 Å². The summed E-state index contributed by atoms with van der Waals surface area (Å²) in [5, 5.41) is 5.78. The Bertz CT molecular complexity index is 1450. The summed E-state index contributed by atoms with van der Waals surface area (Å²) in [6.07, 6.45) is -0.795. The zero-order valence-corrected chi connectivity index (χ0v) is 26.6. The lowest BCUT2D eigenvalue weighted by Crippen LogP contribution is -2.58.